The lowest BCUT2D eigenvalue weighted by Gasteiger charge is -2.23. The minimum absolute atomic E-state index is 0.250. The van der Waals surface area contributed by atoms with Crippen LogP contribution in [0.2, 0.25) is 0 Å². The number of anilines is 4. The Morgan fingerprint density at radius 2 is 1.72 bits per heavy atom. The highest BCUT2D eigenvalue weighted by atomic mass is 19.1. The Bertz CT molecular complexity index is 883. The third-order valence-electron chi connectivity index (χ3n) is 6.65. The quantitative estimate of drug-likeness (QED) is 0.492. The summed E-state index contributed by atoms with van der Waals surface area (Å²) in [7, 11) is 0. The van der Waals surface area contributed by atoms with Crippen molar-refractivity contribution in [2.45, 2.75) is 77.3 Å². The zero-order valence-corrected chi connectivity index (χ0v) is 19.3. The van der Waals surface area contributed by atoms with Crippen molar-refractivity contribution in [2.24, 2.45) is 0 Å². The molecule has 2 heterocycles. The number of rotatable bonds is 8. The second-order valence-corrected chi connectivity index (χ2v) is 9.03. The van der Waals surface area contributed by atoms with Gasteiger partial charge in [0.15, 0.2) is 0 Å². The summed E-state index contributed by atoms with van der Waals surface area (Å²) in [6.45, 7) is 6.98. The highest BCUT2D eigenvalue weighted by Gasteiger charge is 2.23. The number of likely N-dealkylation sites (N-methyl/N-ethyl adjacent to an activating group) is 1. The zero-order valence-electron chi connectivity index (χ0n) is 19.3. The molecule has 1 atom stereocenters. The van der Waals surface area contributed by atoms with Crippen LogP contribution in [0.15, 0.2) is 18.2 Å². The number of benzene rings is 1. The third kappa shape index (κ3) is 6.06. The molecule has 0 bridgehead atoms. The van der Waals surface area contributed by atoms with E-state index >= 15 is 0 Å². The molecular weight excluding hydrogens is 405 g/mol. The highest BCUT2D eigenvalue weighted by Crippen LogP contribution is 2.23. The van der Waals surface area contributed by atoms with Crippen LogP contribution in [0.5, 0.6) is 0 Å². The predicted molar refractivity (Wildman–Crippen MR) is 128 cm³/mol. The van der Waals surface area contributed by atoms with Gasteiger partial charge in [0, 0.05) is 24.3 Å². The Labute approximate surface area is 190 Å². The minimum Gasteiger partial charge on any atom is -0.352 e. The Morgan fingerprint density at radius 1 is 0.969 bits per heavy atom. The summed E-state index contributed by atoms with van der Waals surface area (Å²) in [5, 5.41) is 10.1. The maximum Gasteiger partial charge on any atom is 0.233 e. The molecule has 1 saturated heterocycles. The van der Waals surface area contributed by atoms with Gasteiger partial charge in [0.2, 0.25) is 17.8 Å². The van der Waals surface area contributed by atoms with Crippen LogP contribution in [0.25, 0.3) is 0 Å². The molecule has 1 aliphatic carbocycles. The van der Waals surface area contributed by atoms with Crippen LogP contribution in [0.4, 0.5) is 27.9 Å². The molecule has 0 radical (unpaired) electrons. The topological polar surface area (TPSA) is 78.0 Å². The number of hydrogen-bond donors (Lipinski definition) is 3. The fraction of sp³-hybridized carbons (Fsp3) is 0.625. The second-order valence-electron chi connectivity index (χ2n) is 9.03. The SMILES string of the molecule is CCN1CCC[C@H]1CNc1nc(Nc2ccc(C)c(F)c2)nc(NC2CCCCCC2)n1. The van der Waals surface area contributed by atoms with Crippen molar-refractivity contribution in [2.75, 3.05) is 35.6 Å². The molecule has 174 valence electrons. The monoisotopic (exact) mass is 441 g/mol. The highest BCUT2D eigenvalue weighted by molar-refractivity contribution is 5.56. The van der Waals surface area contributed by atoms with E-state index in [1.54, 1.807) is 13.0 Å². The Morgan fingerprint density at radius 3 is 2.47 bits per heavy atom. The molecule has 1 aliphatic heterocycles. The van der Waals surface area contributed by atoms with E-state index in [0.717, 1.165) is 32.5 Å². The van der Waals surface area contributed by atoms with Crippen LogP contribution in [-0.2, 0) is 0 Å². The van der Waals surface area contributed by atoms with Gasteiger partial charge in [-0.3, -0.25) is 4.90 Å². The summed E-state index contributed by atoms with van der Waals surface area (Å²) in [6, 6.07) is 5.94. The maximum absolute atomic E-state index is 14.0. The van der Waals surface area contributed by atoms with E-state index in [9.17, 15) is 4.39 Å². The molecule has 4 rings (SSSR count). The van der Waals surface area contributed by atoms with E-state index < -0.39 is 0 Å². The van der Waals surface area contributed by atoms with Gasteiger partial charge >= 0.3 is 0 Å². The molecule has 32 heavy (non-hydrogen) atoms. The number of likely N-dealkylation sites (tertiary alicyclic amines) is 1. The smallest absolute Gasteiger partial charge is 0.233 e. The number of halogens is 1. The molecule has 1 aromatic heterocycles. The first kappa shape index (κ1) is 22.7. The third-order valence-corrected chi connectivity index (χ3v) is 6.65. The van der Waals surface area contributed by atoms with Gasteiger partial charge in [-0.1, -0.05) is 38.7 Å². The van der Waals surface area contributed by atoms with Crippen molar-refractivity contribution in [3.63, 3.8) is 0 Å². The number of nitrogens with one attached hydrogen (secondary N) is 3. The second kappa shape index (κ2) is 10.9. The van der Waals surface area contributed by atoms with E-state index in [2.05, 4.69) is 42.7 Å². The summed E-state index contributed by atoms with van der Waals surface area (Å²) < 4.78 is 14.0. The van der Waals surface area contributed by atoms with Crippen LogP contribution < -0.4 is 16.0 Å². The average Bonchev–Trinajstić information content (AvgIpc) is 3.09. The van der Waals surface area contributed by atoms with Gasteiger partial charge in [-0.2, -0.15) is 15.0 Å². The molecule has 0 unspecified atom stereocenters. The fourth-order valence-corrected chi connectivity index (χ4v) is 4.73. The number of aromatic nitrogens is 3. The Balaban J connectivity index is 1.51. The first-order valence-corrected chi connectivity index (χ1v) is 12.1. The largest absolute Gasteiger partial charge is 0.352 e. The minimum atomic E-state index is -0.250. The molecular formula is C24H36FN7. The normalized spacial score (nSPS) is 20.2. The number of hydrogen-bond acceptors (Lipinski definition) is 7. The van der Waals surface area contributed by atoms with Gasteiger partial charge in [-0.25, -0.2) is 4.39 Å². The molecule has 2 aromatic rings. The fourth-order valence-electron chi connectivity index (χ4n) is 4.73. The van der Waals surface area contributed by atoms with Crippen molar-refractivity contribution in [1.82, 2.24) is 19.9 Å². The van der Waals surface area contributed by atoms with E-state index in [1.807, 2.05) is 6.07 Å². The summed E-state index contributed by atoms with van der Waals surface area (Å²) in [5.74, 6) is 1.29. The summed E-state index contributed by atoms with van der Waals surface area (Å²) in [5.41, 5.74) is 1.24. The van der Waals surface area contributed by atoms with Gasteiger partial charge in [0.05, 0.1) is 0 Å². The van der Waals surface area contributed by atoms with E-state index in [1.165, 1.54) is 44.6 Å². The summed E-state index contributed by atoms with van der Waals surface area (Å²) in [6.07, 6.45) is 9.74. The van der Waals surface area contributed by atoms with Gasteiger partial charge in [-0.15, -0.1) is 0 Å². The molecule has 7 nitrogen and oxygen atoms in total. The maximum atomic E-state index is 14.0. The standard InChI is InChI=1S/C24H36FN7/c1-3-32-14-8-11-20(32)16-26-22-29-23(27-18-9-6-4-5-7-10-18)31-24(30-22)28-19-13-12-17(2)21(25)15-19/h12-13,15,18,20H,3-11,14,16H2,1-2H3,(H3,26,27,28,29,30,31)/t20-/m0/s1. The lowest BCUT2D eigenvalue weighted by molar-refractivity contribution is 0.277. The van der Waals surface area contributed by atoms with Crippen molar-refractivity contribution < 1.29 is 4.39 Å². The van der Waals surface area contributed by atoms with Crippen LogP contribution in [0.3, 0.4) is 0 Å². The molecule has 1 saturated carbocycles. The molecule has 1 aromatic carbocycles. The van der Waals surface area contributed by atoms with Crippen LogP contribution in [0.1, 0.15) is 63.9 Å². The van der Waals surface area contributed by atoms with Crippen molar-refractivity contribution >= 4 is 23.5 Å². The molecule has 3 N–H and O–H groups in total. The first-order chi connectivity index (χ1) is 15.6. The van der Waals surface area contributed by atoms with Crippen molar-refractivity contribution in [1.29, 1.82) is 0 Å². The van der Waals surface area contributed by atoms with Crippen molar-refractivity contribution in [3.8, 4) is 0 Å². The lowest BCUT2D eigenvalue weighted by atomic mass is 10.1. The molecule has 0 spiro atoms. The summed E-state index contributed by atoms with van der Waals surface area (Å²) in [4.78, 5) is 16.3. The predicted octanol–water partition coefficient (Wildman–Crippen LogP) is 5.09. The van der Waals surface area contributed by atoms with Gasteiger partial charge in [0.1, 0.15) is 5.82 Å². The number of aryl methyl sites for hydroxylation is 1. The first-order valence-electron chi connectivity index (χ1n) is 12.1. The zero-order chi connectivity index (χ0) is 22.3. The van der Waals surface area contributed by atoms with Crippen LogP contribution >= 0.6 is 0 Å². The summed E-state index contributed by atoms with van der Waals surface area (Å²) >= 11 is 0. The van der Waals surface area contributed by atoms with E-state index in [4.69, 9.17) is 0 Å². The van der Waals surface area contributed by atoms with E-state index in [0.29, 0.717) is 41.2 Å². The van der Waals surface area contributed by atoms with Crippen LogP contribution in [0, 0.1) is 12.7 Å². The van der Waals surface area contributed by atoms with Crippen LogP contribution in [-0.4, -0.2) is 51.6 Å². The molecule has 2 fully saturated rings. The Kier molecular flexibility index (Phi) is 7.73. The molecule has 2 aliphatic rings. The number of nitrogens with zero attached hydrogens (tertiary/aromatic N) is 4. The average molecular weight is 442 g/mol. The molecule has 8 heteroatoms. The van der Waals surface area contributed by atoms with Gasteiger partial charge < -0.3 is 16.0 Å². The van der Waals surface area contributed by atoms with Crippen molar-refractivity contribution in [3.05, 3.63) is 29.6 Å². The van der Waals surface area contributed by atoms with Gasteiger partial charge in [-0.05, 0) is 63.4 Å². The van der Waals surface area contributed by atoms with E-state index in [-0.39, 0.29) is 5.82 Å². The van der Waals surface area contributed by atoms with Gasteiger partial charge in [0.25, 0.3) is 0 Å². The Hall–Kier alpha value is -2.48. The molecule has 0 amide bonds. The lowest BCUT2D eigenvalue weighted by Crippen LogP contribution is -2.35.